The van der Waals surface area contributed by atoms with Crippen LogP contribution in [0, 0.1) is 5.82 Å². The predicted molar refractivity (Wildman–Crippen MR) is 56.7 cm³/mol. The minimum Gasteiger partial charge on any atom is -0.395 e. The van der Waals surface area contributed by atoms with E-state index in [1.807, 2.05) is 0 Å². The zero-order chi connectivity index (χ0) is 9.59. The fourth-order valence-corrected chi connectivity index (χ4v) is 2.72. The Kier molecular flexibility index (Phi) is 2.17. The van der Waals surface area contributed by atoms with E-state index in [9.17, 15) is 4.39 Å². The van der Waals surface area contributed by atoms with E-state index in [-0.39, 0.29) is 10.7 Å². The minimum absolute atomic E-state index is 0.0996. The highest BCUT2D eigenvalue weighted by atomic mass is 79.9. The molecule has 0 bridgehead atoms. The summed E-state index contributed by atoms with van der Waals surface area (Å²) in [6.07, 6.45) is 0. The van der Waals surface area contributed by atoms with E-state index in [1.54, 1.807) is 0 Å². The quantitative estimate of drug-likeness (QED) is 0.751. The third kappa shape index (κ3) is 1.41. The first-order chi connectivity index (χ1) is 6.09. The summed E-state index contributed by atoms with van der Waals surface area (Å²) in [5.41, 5.74) is 6.16. The Bertz CT molecular complexity index is 485. The van der Waals surface area contributed by atoms with Gasteiger partial charge in [-0.25, -0.2) is 9.37 Å². The number of hydrogen-bond donors (Lipinski definition) is 1. The average molecular weight is 282 g/mol. The van der Waals surface area contributed by atoms with Crippen molar-refractivity contribution in [3.8, 4) is 0 Å². The van der Waals surface area contributed by atoms with Gasteiger partial charge in [0.1, 0.15) is 11.3 Å². The third-order valence-corrected chi connectivity index (χ3v) is 3.41. The Balaban J connectivity index is 2.95. The molecular weight excluding hydrogens is 279 g/mol. The lowest BCUT2D eigenvalue weighted by atomic mass is 10.3. The highest BCUT2D eigenvalue weighted by Gasteiger charge is 2.12. The van der Waals surface area contributed by atoms with Crippen LogP contribution in [-0.2, 0) is 0 Å². The highest BCUT2D eigenvalue weighted by molar-refractivity contribution is 9.11. The van der Waals surface area contributed by atoms with Gasteiger partial charge in [-0.1, -0.05) is 11.6 Å². The molecule has 68 valence electrons. The molecule has 0 atom stereocenters. The summed E-state index contributed by atoms with van der Waals surface area (Å²) < 4.78 is 14.3. The molecule has 1 heterocycles. The molecule has 0 fully saturated rings. The third-order valence-electron chi connectivity index (χ3n) is 1.58. The molecule has 2 rings (SSSR count). The molecular formula is C7H3BrClFN2S. The first-order valence-corrected chi connectivity index (χ1v) is 5.28. The molecule has 0 aliphatic heterocycles. The van der Waals surface area contributed by atoms with Crippen LogP contribution in [0.15, 0.2) is 9.98 Å². The summed E-state index contributed by atoms with van der Waals surface area (Å²) in [5, 5.41) is 0.281. The minimum atomic E-state index is -0.506. The van der Waals surface area contributed by atoms with Gasteiger partial charge in [0.05, 0.1) is 15.4 Å². The van der Waals surface area contributed by atoms with Crippen molar-refractivity contribution in [3.05, 3.63) is 20.8 Å². The second kappa shape index (κ2) is 3.08. The fraction of sp³-hybridized carbons (Fsp3) is 0. The average Bonchev–Trinajstić information content (AvgIpc) is 2.44. The summed E-state index contributed by atoms with van der Waals surface area (Å²) >= 11 is 10.2. The largest absolute Gasteiger partial charge is 0.395 e. The Morgan fingerprint density at radius 3 is 3.00 bits per heavy atom. The predicted octanol–water partition coefficient (Wildman–Crippen LogP) is 3.43. The molecule has 2 N–H and O–H groups in total. The molecule has 1 aromatic heterocycles. The van der Waals surface area contributed by atoms with E-state index in [0.717, 1.165) is 0 Å². The maximum atomic E-state index is 13.1. The first-order valence-electron chi connectivity index (χ1n) is 3.29. The van der Waals surface area contributed by atoms with Gasteiger partial charge in [0.2, 0.25) is 0 Å². The lowest BCUT2D eigenvalue weighted by Crippen LogP contribution is -1.90. The van der Waals surface area contributed by atoms with Gasteiger partial charge in [-0.05, 0) is 22.0 Å². The monoisotopic (exact) mass is 280 g/mol. The molecule has 0 amide bonds. The van der Waals surface area contributed by atoms with Crippen LogP contribution in [0.3, 0.4) is 0 Å². The second-order valence-electron chi connectivity index (χ2n) is 2.40. The van der Waals surface area contributed by atoms with Crippen LogP contribution in [0.1, 0.15) is 0 Å². The molecule has 2 aromatic rings. The van der Waals surface area contributed by atoms with Crippen molar-refractivity contribution >= 4 is 54.8 Å². The van der Waals surface area contributed by atoms with Crippen molar-refractivity contribution < 1.29 is 4.39 Å². The molecule has 0 radical (unpaired) electrons. The van der Waals surface area contributed by atoms with Crippen LogP contribution in [-0.4, -0.2) is 4.98 Å². The Labute approximate surface area is 90.6 Å². The second-order valence-corrected chi connectivity index (χ2v) is 5.08. The standard InChI is InChI=1S/C7H3BrClFN2S/c8-7-12-5-2(9)1-3(10)4(11)6(5)13-7/h1H,11H2. The molecule has 0 saturated carbocycles. The Hall–Kier alpha value is -0.390. The normalized spacial score (nSPS) is 11.0. The number of benzene rings is 1. The molecule has 0 aliphatic carbocycles. The molecule has 0 unspecified atom stereocenters. The fourth-order valence-electron chi connectivity index (χ4n) is 1.00. The summed E-state index contributed by atoms with van der Waals surface area (Å²) in [5.74, 6) is -0.506. The van der Waals surface area contributed by atoms with Gasteiger partial charge in [0.25, 0.3) is 0 Å². The highest BCUT2D eigenvalue weighted by Crippen LogP contribution is 2.36. The smallest absolute Gasteiger partial charge is 0.160 e. The van der Waals surface area contributed by atoms with E-state index in [2.05, 4.69) is 20.9 Å². The van der Waals surface area contributed by atoms with Crippen molar-refractivity contribution in [2.75, 3.05) is 5.73 Å². The van der Waals surface area contributed by atoms with Gasteiger partial charge in [-0.15, -0.1) is 11.3 Å². The first kappa shape index (κ1) is 9.18. The Morgan fingerprint density at radius 2 is 2.31 bits per heavy atom. The number of nitrogens with two attached hydrogens (primary N) is 1. The van der Waals surface area contributed by atoms with Crippen LogP contribution in [0.25, 0.3) is 10.2 Å². The molecule has 6 heteroatoms. The number of fused-ring (bicyclic) bond motifs is 1. The number of halogens is 3. The number of hydrogen-bond acceptors (Lipinski definition) is 3. The van der Waals surface area contributed by atoms with Crippen LogP contribution in [0.5, 0.6) is 0 Å². The number of thiazole rings is 1. The number of aromatic nitrogens is 1. The van der Waals surface area contributed by atoms with Crippen LogP contribution >= 0.6 is 38.9 Å². The Morgan fingerprint density at radius 1 is 1.62 bits per heavy atom. The van der Waals surface area contributed by atoms with E-state index in [4.69, 9.17) is 17.3 Å². The van der Waals surface area contributed by atoms with Gasteiger partial charge >= 0.3 is 0 Å². The number of rotatable bonds is 0. The van der Waals surface area contributed by atoms with Crippen molar-refractivity contribution in [2.45, 2.75) is 0 Å². The zero-order valence-electron chi connectivity index (χ0n) is 6.14. The van der Waals surface area contributed by atoms with Gasteiger partial charge in [0, 0.05) is 0 Å². The number of nitrogens with zero attached hydrogens (tertiary/aromatic N) is 1. The summed E-state index contributed by atoms with van der Waals surface area (Å²) in [7, 11) is 0. The summed E-state index contributed by atoms with van der Waals surface area (Å²) in [6, 6.07) is 1.17. The zero-order valence-corrected chi connectivity index (χ0v) is 9.30. The van der Waals surface area contributed by atoms with E-state index < -0.39 is 5.82 Å². The van der Waals surface area contributed by atoms with E-state index in [1.165, 1.54) is 17.4 Å². The van der Waals surface area contributed by atoms with Gasteiger partial charge in [-0.2, -0.15) is 0 Å². The van der Waals surface area contributed by atoms with Crippen molar-refractivity contribution in [2.24, 2.45) is 0 Å². The number of anilines is 1. The molecule has 0 saturated heterocycles. The van der Waals surface area contributed by atoms with E-state index in [0.29, 0.717) is 14.1 Å². The molecule has 2 nitrogen and oxygen atoms in total. The maximum Gasteiger partial charge on any atom is 0.160 e. The van der Waals surface area contributed by atoms with Gasteiger partial charge in [-0.3, -0.25) is 0 Å². The molecule has 0 aliphatic rings. The number of nitrogen functional groups attached to an aromatic ring is 1. The molecule has 0 spiro atoms. The van der Waals surface area contributed by atoms with Crippen LogP contribution < -0.4 is 5.73 Å². The lowest BCUT2D eigenvalue weighted by molar-refractivity contribution is 0.634. The lowest BCUT2D eigenvalue weighted by Gasteiger charge is -1.98. The SMILES string of the molecule is Nc1c(F)cc(Cl)c2nc(Br)sc12. The van der Waals surface area contributed by atoms with Crippen molar-refractivity contribution in [1.82, 2.24) is 4.98 Å². The van der Waals surface area contributed by atoms with Crippen LogP contribution in [0.4, 0.5) is 10.1 Å². The van der Waals surface area contributed by atoms with Crippen LogP contribution in [0.2, 0.25) is 5.02 Å². The molecule has 13 heavy (non-hydrogen) atoms. The van der Waals surface area contributed by atoms with Crippen molar-refractivity contribution in [1.29, 1.82) is 0 Å². The van der Waals surface area contributed by atoms with Gasteiger partial charge in [0.15, 0.2) is 3.92 Å². The maximum absolute atomic E-state index is 13.1. The summed E-state index contributed by atoms with van der Waals surface area (Å²) in [4.78, 5) is 4.07. The van der Waals surface area contributed by atoms with Gasteiger partial charge < -0.3 is 5.73 Å². The topological polar surface area (TPSA) is 38.9 Å². The van der Waals surface area contributed by atoms with E-state index >= 15 is 0 Å². The molecule has 1 aromatic carbocycles. The summed E-state index contributed by atoms with van der Waals surface area (Å²) in [6.45, 7) is 0. The van der Waals surface area contributed by atoms with Crippen molar-refractivity contribution in [3.63, 3.8) is 0 Å².